The van der Waals surface area contributed by atoms with Crippen LogP contribution in [0.15, 0.2) is 42.5 Å². The molecule has 140 valence electrons. The third-order valence-corrected chi connectivity index (χ3v) is 5.27. The average molecular weight is 394 g/mol. The number of nitrogens with one attached hydrogen (secondary N) is 1. The lowest BCUT2D eigenvalue weighted by atomic mass is 9.77. The monoisotopic (exact) mass is 393 g/mol. The van der Waals surface area contributed by atoms with E-state index in [9.17, 15) is 4.79 Å². The van der Waals surface area contributed by atoms with E-state index in [1.165, 1.54) is 23.6 Å². The molecule has 0 aliphatic heterocycles. The SMILES string of the molecule is CCOC(C)=O.CN[C@H]1CC[C@@H](c2ccc(Cl)c(Cl)c2)c2ccccc21. The van der Waals surface area contributed by atoms with Crippen molar-refractivity contribution in [1.29, 1.82) is 0 Å². The summed E-state index contributed by atoms with van der Waals surface area (Å²) in [5.74, 6) is 0.197. The molecule has 0 fully saturated rings. The normalized spacial score (nSPS) is 18.3. The van der Waals surface area contributed by atoms with Crippen molar-refractivity contribution in [2.45, 2.75) is 38.6 Å². The van der Waals surface area contributed by atoms with Crippen molar-refractivity contribution in [2.24, 2.45) is 0 Å². The Kier molecular flexibility index (Phi) is 7.95. The number of carbonyl (C=O) groups excluding carboxylic acids is 1. The molecule has 5 heteroatoms. The van der Waals surface area contributed by atoms with Crippen molar-refractivity contribution in [2.75, 3.05) is 13.7 Å². The quantitative estimate of drug-likeness (QED) is 0.674. The zero-order chi connectivity index (χ0) is 19.1. The Balaban J connectivity index is 0.000000352. The minimum Gasteiger partial charge on any atom is -0.466 e. The third-order valence-electron chi connectivity index (χ3n) is 4.53. The highest BCUT2D eigenvalue weighted by molar-refractivity contribution is 6.42. The minimum absolute atomic E-state index is 0.211. The van der Waals surface area contributed by atoms with E-state index in [1.54, 1.807) is 6.92 Å². The standard InChI is InChI=1S/C17H17Cl2N.C4H8O2/c1-20-17-9-7-12(13-4-2-3-5-14(13)17)11-6-8-15(18)16(19)10-11;1-3-6-4(2)5/h2-6,8,10,12,17,20H,7,9H2,1H3;3H2,1-2H3/t12-,17-;/m0./s1. The van der Waals surface area contributed by atoms with Gasteiger partial charge in [0.1, 0.15) is 0 Å². The van der Waals surface area contributed by atoms with Crippen LogP contribution in [0.2, 0.25) is 10.0 Å². The van der Waals surface area contributed by atoms with Crippen LogP contribution in [0.5, 0.6) is 0 Å². The Bertz CT molecular complexity index is 749. The molecule has 3 nitrogen and oxygen atoms in total. The fourth-order valence-corrected chi connectivity index (χ4v) is 3.67. The summed E-state index contributed by atoms with van der Waals surface area (Å²) in [5, 5.41) is 4.66. The molecule has 26 heavy (non-hydrogen) atoms. The topological polar surface area (TPSA) is 38.3 Å². The first-order chi connectivity index (χ1) is 12.5. The molecule has 0 heterocycles. The Labute approximate surface area is 165 Å². The fraction of sp³-hybridized carbons (Fsp3) is 0.381. The smallest absolute Gasteiger partial charge is 0.302 e. The largest absolute Gasteiger partial charge is 0.466 e. The summed E-state index contributed by atoms with van der Waals surface area (Å²) >= 11 is 12.2. The molecular weight excluding hydrogens is 369 g/mol. The molecular formula is C21H25Cl2NO2. The Morgan fingerprint density at radius 3 is 2.35 bits per heavy atom. The number of carbonyl (C=O) groups is 1. The highest BCUT2D eigenvalue weighted by Crippen LogP contribution is 2.42. The number of hydrogen-bond acceptors (Lipinski definition) is 3. The van der Waals surface area contributed by atoms with E-state index in [1.807, 2.05) is 19.2 Å². The molecule has 2 atom stereocenters. The van der Waals surface area contributed by atoms with Crippen molar-refractivity contribution in [3.8, 4) is 0 Å². The van der Waals surface area contributed by atoms with Gasteiger partial charge in [-0.05, 0) is 55.6 Å². The number of hydrogen-bond donors (Lipinski definition) is 1. The minimum atomic E-state index is -0.211. The van der Waals surface area contributed by atoms with Gasteiger partial charge >= 0.3 is 5.97 Å². The lowest BCUT2D eigenvalue weighted by Crippen LogP contribution is -2.24. The van der Waals surface area contributed by atoms with Crippen molar-refractivity contribution in [1.82, 2.24) is 5.32 Å². The van der Waals surface area contributed by atoms with Gasteiger partial charge in [0.05, 0.1) is 16.7 Å². The number of benzene rings is 2. The predicted octanol–water partition coefficient (Wildman–Crippen LogP) is 5.75. The van der Waals surface area contributed by atoms with Gasteiger partial charge in [-0.2, -0.15) is 0 Å². The zero-order valence-electron chi connectivity index (χ0n) is 15.4. The second-order valence-corrected chi connectivity index (χ2v) is 7.01. The highest BCUT2D eigenvalue weighted by Gasteiger charge is 2.27. The Morgan fingerprint density at radius 2 is 1.81 bits per heavy atom. The van der Waals surface area contributed by atoms with Gasteiger partial charge in [0.2, 0.25) is 0 Å². The van der Waals surface area contributed by atoms with Gasteiger partial charge in [0, 0.05) is 18.9 Å². The maximum Gasteiger partial charge on any atom is 0.302 e. The van der Waals surface area contributed by atoms with E-state index in [2.05, 4.69) is 40.4 Å². The van der Waals surface area contributed by atoms with Gasteiger partial charge in [-0.15, -0.1) is 0 Å². The number of halogens is 2. The lowest BCUT2D eigenvalue weighted by Gasteiger charge is -2.32. The molecule has 1 N–H and O–H groups in total. The molecule has 2 aromatic rings. The highest BCUT2D eigenvalue weighted by atomic mass is 35.5. The first-order valence-corrected chi connectivity index (χ1v) is 9.57. The summed E-state index contributed by atoms with van der Waals surface area (Å²) in [7, 11) is 2.03. The summed E-state index contributed by atoms with van der Waals surface area (Å²) in [6.07, 6.45) is 2.26. The van der Waals surface area contributed by atoms with Gasteiger partial charge in [-0.25, -0.2) is 0 Å². The van der Waals surface area contributed by atoms with Crippen LogP contribution in [0.25, 0.3) is 0 Å². The summed E-state index contributed by atoms with van der Waals surface area (Å²) in [6.45, 7) is 3.65. The molecule has 1 aliphatic carbocycles. The van der Waals surface area contributed by atoms with Crippen LogP contribution in [0.1, 0.15) is 55.3 Å². The summed E-state index contributed by atoms with van der Waals surface area (Å²) < 4.78 is 4.40. The van der Waals surface area contributed by atoms with Gasteiger partial charge in [0.25, 0.3) is 0 Å². The summed E-state index contributed by atoms with van der Waals surface area (Å²) in [5.41, 5.74) is 4.05. The molecule has 0 aromatic heterocycles. The third kappa shape index (κ3) is 5.23. The predicted molar refractivity (Wildman–Crippen MR) is 108 cm³/mol. The van der Waals surface area contributed by atoms with E-state index in [4.69, 9.17) is 23.2 Å². The Morgan fingerprint density at radius 1 is 1.12 bits per heavy atom. The van der Waals surface area contributed by atoms with E-state index in [0.29, 0.717) is 28.6 Å². The first-order valence-electron chi connectivity index (χ1n) is 8.82. The zero-order valence-corrected chi connectivity index (χ0v) is 16.9. The lowest BCUT2D eigenvalue weighted by molar-refractivity contribution is -0.140. The molecule has 0 amide bonds. The molecule has 1 aliphatic rings. The van der Waals surface area contributed by atoms with Crippen molar-refractivity contribution >= 4 is 29.2 Å². The van der Waals surface area contributed by atoms with E-state index >= 15 is 0 Å². The molecule has 0 spiro atoms. The van der Waals surface area contributed by atoms with Crippen LogP contribution in [-0.2, 0) is 9.53 Å². The van der Waals surface area contributed by atoms with Crippen LogP contribution < -0.4 is 5.32 Å². The average Bonchev–Trinajstić information content (AvgIpc) is 2.63. The fourth-order valence-electron chi connectivity index (χ4n) is 3.37. The van der Waals surface area contributed by atoms with Gasteiger partial charge in [-0.1, -0.05) is 53.5 Å². The van der Waals surface area contributed by atoms with E-state index in [0.717, 1.165) is 12.8 Å². The molecule has 0 unspecified atom stereocenters. The van der Waals surface area contributed by atoms with Crippen molar-refractivity contribution in [3.63, 3.8) is 0 Å². The summed E-state index contributed by atoms with van der Waals surface area (Å²) in [4.78, 5) is 9.82. The number of esters is 1. The van der Waals surface area contributed by atoms with E-state index in [-0.39, 0.29) is 5.97 Å². The van der Waals surface area contributed by atoms with Crippen LogP contribution in [-0.4, -0.2) is 19.6 Å². The molecule has 0 saturated carbocycles. The van der Waals surface area contributed by atoms with Gasteiger partial charge in [-0.3, -0.25) is 4.79 Å². The number of ether oxygens (including phenoxy) is 1. The second kappa shape index (κ2) is 9.96. The van der Waals surface area contributed by atoms with Crippen LogP contribution in [0.4, 0.5) is 0 Å². The summed E-state index contributed by atoms with van der Waals surface area (Å²) in [6, 6.07) is 15.1. The van der Waals surface area contributed by atoms with Crippen LogP contribution in [0.3, 0.4) is 0 Å². The maximum absolute atomic E-state index is 9.82. The molecule has 3 rings (SSSR count). The van der Waals surface area contributed by atoms with Gasteiger partial charge < -0.3 is 10.1 Å². The van der Waals surface area contributed by atoms with Crippen LogP contribution in [0, 0.1) is 0 Å². The molecule has 2 aromatic carbocycles. The first kappa shape index (κ1) is 20.8. The number of fused-ring (bicyclic) bond motifs is 1. The molecule has 0 saturated heterocycles. The maximum atomic E-state index is 9.82. The molecule has 0 bridgehead atoms. The molecule has 0 radical (unpaired) electrons. The number of rotatable bonds is 3. The van der Waals surface area contributed by atoms with Crippen LogP contribution >= 0.6 is 23.2 Å². The van der Waals surface area contributed by atoms with Crippen molar-refractivity contribution in [3.05, 3.63) is 69.2 Å². The Hall–Kier alpha value is -1.55. The second-order valence-electron chi connectivity index (χ2n) is 6.20. The van der Waals surface area contributed by atoms with E-state index < -0.39 is 0 Å². The van der Waals surface area contributed by atoms with Crippen molar-refractivity contribution < 1.29 is 9.53 Å². The van der Waals surface area contributed by atoms with Gasteiger partial charge in [0.15, 0.2) is 0 Å².